The highest BCUT2D eigenvalue weighted by molar-refractivity contribution is 5.22. The van der Waals surface area contributed by atoms with Crippen LogP contribution in [0.5, 0.6) is 0 Å². The second kappa shape index (κ2) is 7.39. The summed E-state index contributed by atoms with van der Waals surface area (Å²) in [7, 11) is 2.19. The maximum Gasteiger partial charge on any atom is 0.0702 e. The Kier molecular flexibility index (Phi) is 5.28. The minimum atomic E-state index is 0.436. The highest BCUT2D eigenvalue weighted by Gasteiger charge is 2.20. The third kappa shape index (κ3) is 5.10. The lowest BCUT2D eigenvalue weighted by molar-refractivity contribution is -0.00259. The van der Waals surface area contributed by atoms with Crippen molar-refractivity contribution in [2.45, 2.75) is 57.3 Å². The van der Waals surface area contributed by atoms with E-state index in [-0.39, 0.29) is 0 Å². The van der Waals surface area contributed by atoms with Gasteiger partial charge in [-0.1, -0.05) is 24.3 Å². The van der Waals surface area contributed by atoms with E-state index in [2.05, 4.69) is 41.5 Å². The molecule has 1 aromatic rings. The van der Waals surface area contributed by atoms with E-state index in [0.29, 0.717) is 6.10 Å². The molecule has 1 aromatic carbocycles. The predicted molar refractivity (Wildman–Crippen MR) is 86.2 cm³/mol. The molecule has 1 atom stereocenters. The van der Waals surface area contributed by atoms with Gasteiger partial charge in [-0.3, -0.25) is 4.90 Å². The molecular formula is C18H28N2O. The Morgan fingerprint density at radius 2 is 1.86 bits per heavy atom. The van der Waals surface area contributed by atoms with Crippen molar-refractivity contribution in [1.82, 2.24) is 10.2 Å². The zero-order chi connectivity index (χ0) is 14.5. The van der Waals surface area contributed by atoms with Gasteiger partial charge in [0.15, 0.2) is 0 Å². The van der Waals surface area contributed by atoms with Gasteiger partial charge in [-0.05, 0) is 50.3 Å². The Morgan fingerprint density at radius 1 is 1.10 bits per heavy atom. The molecule has 1 heterocycles. The largest absolute Gasteiger partial charge is 0.377 e. The van der Waals surface area contributed by atoms with Crippen LogP contribution in [-0.4, -0.2) is 37.2 Å². The SMILES string of the molecule is CN(Cc1ccc(CNC2CC2)cc1)CC1CCCCO1. The van der Waals surface area contributed by atoms with Crippen LogP contribution in [0.15, 0.2) is 24.3 Å². The zero-order valence-electron chi connectivity index (χ0n) is 13.2. The van der Waals surface area contributed by atoms with Crippen molar-refractivity contribution in [3.05, 3.63) is 35.4 Å². The number of hydrogen-bond acceptors (Lipinski definition) is 3. The van der Waals surface area contributed by atoms with Gasteiger partial charge in [0, 0.05) is 32.3 Å². The molecule has 1 aliphatic heterocycles. The van der Waals surface area contributed by atoms with E-state index in [9.17, 15) is 0 Å². The van der Waals surface area contributed by atoms with Crippen LogP contribution in [0.25, 0.3) is 0 Å². The van der Waals surface area contributed by atoms with Crippen molar-refractivity contribution >= 4 is 0 Å². The van der Waals surface area contributed by atoms with Crippen molar-refractivity contribution in [3.8, 4) is 0 Å². The first-order valence-corrected chi connectivity index (χ1v) is 8.41. The van der Waals surface area contributed by atoms with E-state index >= 15 is 0 Å². The van der Waals surface area contributed by atoms with E-state index in [1.54, 1.807) is 0 Å². The molecule has 1 N–H and O–H groups in total. The minimum Gasteiger partial charge on any atom is -0.377 e. The molecule has 21 heavy (non-hydrogen) atoms. The fraction of sp³-hybridized carbons (Fsp3) is 0.667. The second-order valence-electron chi connectivity index (χ2n) is 6.66. The molecule has 0 aromatic heterocycles. The summed E-state index contributed by atoms with van der Waals surface area (Å²) in [5.74, 6) is 0. The van der Waals surface area contributed by atoms with Gasteiger partial charge in [0.05, 0.1) is 6.10 Å². The van der Waals surface area contributed by atoms with Crippen molar-refractivity contribution in [1.29, 1.82) is 0 Å². The van der Waals surface area contributed by atoms with Crippen LogP contribution >= 0.6 is 0 Å². The average Bonchev–Trinajstić information content (AvgIpc) is 3.32. The molecule has 0 amide bonds. The summed E-state index contributed by atoms with van der Waals surface area (Å²) in [4.78, 5) is 2.38. The maximum absolute atomic E-state index is 5.82. The van der Waals surface area contributed by atoms with Crippen LogP contribution in [0.3, 0.4) is 0 Å². The van der Waals surface area contributed by atoms with Crippen LogP contribution < -0.4 is 5.32 Å². The molecule has 3 nitrogen and oxygen atoms in total. The fourth-order valence-electron chi connectivity index (χ4n) is 2.99. The molecule has 0 spiro atoms. The molecule has 1 saturated heterocycles. The molecule has 2 aliphatic rings. The second-order valence-corrected chi connectivity index (χ2v) is 6.66. The average molecular weight is 288 g/mol. The van der Waals surface area contributed by atoms with E-state index in [1.165, 1.54) is 43.2 Å². The Labute approximate surface area is 128 Å². The first-order valence-electron chi connectivity index (χ1n) is 8.41. The third-order valence-corrected chi connectivity index (χ3v) is 4.44. The smallest absolute Gasteiger partial charge is 0.0702 e. The number of benzene rings is 1. The van der Waals surface area contributed by atoms with Crippen molar-refractivity contribution < 1.29 is 4.74 Å². The van der Waals surface area contributed by atoms with E-state index < -0.39 is 0 Å². The first kappa shape index (κ1) is 15.0. The van der Waals surface area contributed by atoms with Gasteiger partial charge in [-0.25, -0.2) is 0 Å². The van der Waals surface area contributed by atoms with Crippen molar-refractivity contribution in [2.75, 3.05) is 20.2 Å². The summed E-state index contributed by atoms with van der Waals surface area (Å²) in [5, 5.41) is 3.56. The first-order chi connectivity index (χ1) is 10.3. The van der Waals surface area contributed by atoms with Gasteiger partial charge in [0.2, 0.25) is 0 Å². The van der Waals surface area contributed by atoms with Crippen LogP contribution in [0.1, 0.15) is 43.2 Å². The lowest BCUT2D eigenvalue weighted by Gasteiger charge is -2.27. The summed E-state index contributed by atoms with van der Waals surface area (Å²) in [5.41, 5.74) is 2.78. The van der Waals surface area contributed by atoms with Crippen LogP contribution in [-0.2, 0) is 17.8 Å². The van der Waals surface area contributed by atoms with Gasteiger partial charge in [-0.15, -0.1) is 0 Å². The van der Waals surface area contributed by atoms with Crippen LogP contribution in [0.4, 0.5) is 0 Å². The quantitative estimate of drug-likeness (QED) is 0.835. The van der Waals surface area contributed by atoms with Crippen LogP contribution in [0.2, 0.25) is 0 Å². The number of nitrogens with one attached hydrogen (secondary N) is 1. The molecule has 3 heteroatoms. The lowest BCUT2D eigenvalue weighted by atomic mass is 10.1. The van der Waals surface area contributed by atoms with Gasteiger partial charge >= 0.3 is 0 Å². The molecular weight excluding hydrogens is 260 g/mol. The Hall–Kier alpha value is -0.900. The minimum absolute atomic E-state index is 0.436. The molecule has 1 unspecified atom stereocenters. The molecule has 3 rings (SSSR count). The van der Waals surface area contributed by atoms with Gasteiger partial charge in [0.25, 0.3) is 0 Å². The monoisotopic (exact) mass is 288 g/mol. The van der Waals surface area contributed by atoms with Crippen molar-refractivity contribution in [2.24, 2.45) is 0 Å². The van der Waals surface area contributed by atoms with Crippen LogP contribution in [0, 0.1) is 0 Å². The molecule has 0 bridgehead atoms. The summed E-state index contributed by atoms with van der Waals surface area (Å²) in [6.07, 6.45) is 6.91. The molecule has 2 fully saturated rings. The lowest BCUT2D eigenvalue weighted by Crippen LogP contribution is -2.33. The molecule has 116 valence electrons. The number of hydrogen-bond donors (Lipinski definition) is 1. The summed E-state index contributed by atoms with van der Waals surface area (Å²) >= 11 is 0. The normalized spacial score (nSPS) is 22.7. The number of nitrogens with zero attached hydrogens (tertiary/aromatic N) is 1. The highest BCUT2D eigenvalue weighted by atomic mass is 16.5. The zero-order valence-corrected chi connectivity index (χ0v) is 13.2. The maximum atomic E-state index is 5.82. The van der Waals surface area contributed by atoms with E-state index in [0.717, 1.165) is 32.3 Å². The highest BCUT2D eigenvalue weighted by Crippen LogP contribution is 2.19. The van der Waals surface area contributed by atoms with Crippen molar-refractivity contribution in [3.63, 3.8) is 0 Å². The standard InChI is InChI=1S/C18H28N2O/c1-20(14-18-4-2-3-11-21-18)13-16-7-5-15(6-8-16)12-19-17-9-10-17/h5-8,17-19H,2-4,9-14H2,1H3. The Morgan fingerprint density at radius 3 is 2.52 bits per heavy atom. The number of rotatable bonds is 7. The predicted octanol–water partition coefficient (Wildman–Crippen LogP) is 2.94. The molecule has 0 radical (unpaired) electrons. The van der Waals surface area contributed by atoms with Gasteiger partial charge in [-0.2, -0.15) is 0 Å². The summed E-state index contributed by atoms with van der Waals surface area (Å²) in [6.45, 7) is 4.01. The number of ether oxygens (including phenoxy) is 1. The van der Waals surface area contributed by atoms with E-state index in [1.807, 2.05) is 0 Å². The van der Waals surface area contributed by atoms with Gasteiger partial charge in [0.1, 0.15) is 0 Å². The number of likely N-dealkylation sites (N-methyl/N-ethyl adjacent to an activating group) is 1. The molecule has 1 saturated carbocycles. The fourth-order valence-corrected chi connectivity index (χ4v) is 2.99. The Balaban J connectivity index is 1.42. The topological polar surface area (TPSA) is 24.5 Å². The third-order valence-electron chi connectivity index (χ3n) is 4.44. The van der Waals surface area contributed by atoms with E-state index in [4.69, 9.17) is 4.74 Å². The van der Waals surface area contributed by atoms with Gasteiger partial charge < -0.3 is 10.1 Å². The molecule has 1 aliphatic carbocycles. The summed E-state index contributed by atoms with van der Waals surface area (Å²) < 4.78 is 5.82. The summed E-state index contributed by atoms with van der Waals surface area (Å²) in [6, 6.07) is 9.83. The Bertz CT molecular complexity index is 421.